The van der Waals surface area contributed by atoms with Crippen molar-refractivity contribution < 1.29 is 9.53 Å². The minimum absolute atomic E-state index is 0.118. The first-order chi connectivity index (χ1) is 13.2. The summed E-state index contributed by atoms with van der Waals surface area (Å²) in [5.74, 6) is 0.559. The molecule has 1 aromatic carbocycles. The van der Waals surface area contributed by atoms with Crippen LogP contribution in [0.4, 0.5) is 4.79 Å². The van der Waals surface area contributed by atoms with Crippen LogP contribution in [0.25, 0.3) is 5.82 Å². The van der Waals surface area contributed by atoms with Crippen LogP contribution in [-0.2, 0) is 24.2 Å². The van der Waals surface area contributed by atoms with Gasteiger partial charge < -0.3 is 10.1 Å². The molecule has 1 aliphatic rings. The first kappa shape index (κ1) is 17.1. The molecule has 138 valence electrons. The molecule has 0 saturated heterocycles. The van der Waals surface area contributed by atoms with E-state index >= 15 is 0 Å². The number of nitrogens with zero attached hydrogens (tertiary/aromatic N) is 2. The second kappa shape index (κ2) is 7.49. The average molecular weight is 364 g/mol. The summed E-state index contributed by atoms with van der Waals surface area (Å²) in [7, 11) is 0. The molecule has 1 atom stereocenters. The Morgan fingerprint density at radius 3 is 2.81 bits per heavy atom. The summed E-state index contributed by atoms with van der Waals surface area (Å²) in [6.45, 7) is 0.223. The molecule has 7 heteroatoms. The molecule has 0 fully saturated rings. The number of ether oxygens (including phenoxy) is 1. The van der Waals surface area contributed by atoms with E-state index < -0.39 is 6.09 Å². The van der Waals surface area contributed by atoms with Crippen LogP contribution in [-0.4, -0.2) is 26.9 Å². The summed E-state index contributed by atoms with van der Waals surface area (Å²) in [5.41, 5.74) is 2.41. The normalized spacial score (nSPS) is 15.8. The molecular weight excluding hydrogens is 344 g/mol. The molecule has 2 heterocycles. The second-order valence-electron chi connectivity index (χ2n) is 6.54. The van der Waals surface area contributed by atoms with Crippen LogP contribution in [0, 0.1) is 0 Å². The molecule has 1 unspecified atom stereocenters. The van der Waals surface area contributed by atoms with Gasteiger partial charge in [0.2, 0.25) is 0 Å². The monoisotopic (exact) mass is 364 g/mol. The number of nitrogens with one attached hydrogen (secondary N) is 2. The van der Waals surface area contributed by atoms with E-state index in [2.05, 4.69) is 15.4 Å². The summed E-state index contributed by atoms with van der Waals surface area (Å²) in [6, 6.07) is 14.8. The van der Waals surface area contributed by atoms with Crippen molar-refractivity contribution in [2.75, 3.05) is 0 Å². The van der Waals surface area contributed by atoms with Crippen LogP contribution >= 0.6 is 0 Å². The summed E-state index contributed by atoms with van der Waals surface area (Å²) in [5, 5.41) is 6.00. The van der Waals surface area contributed by atoms with E-state index in [1.807, 2.05) is 36.4 Å². The van der Waals surface area contributed by atoms with Gasteiger partial charge in [0, 0.05) is 29.9 Å². The topological polar surface area (TPSA) is 89.0 Å². The third kappa shape index (κ3) is 3.76. The molecule has 0 spiro atoms. The molecule has 7 nitrogen and oxygen atoms in total. The minimum Gasteiger partial charge on any atom is -0.445 e. The number of H-pyrrole nitrogens is 1. The SMILES string of the molecule is O=C(NC1CCc2[nH]n(-c3ccccn3)c(=O)c2C1)OCc1ccccc1. The predicted octanol–water partition coefficient (Wildman–Crippen LogP) is 2.34. The van der Waals surface area contributed by atoms with E-state index in [0.717, 1.165) is 17.7 Å². The van der Waals surface area contributed by atoms with Crippen LogP contribution in [0.1, 0.15) is 23.2 Å². The largest absolute Gasteiger partial charge is 0.445 e. The molecule has 3 aromatic rings. The van der Waals surface area contributed by atoms with Crippen molar-refractivity contribution in [2.45, 2.75) is 31.9 Å². The highest BCUT2D eigenvalue weighted by Gasteiger charge is 2.26. The lowest BCUT2D eigenvalue weighted by molar-refractivity contribution is 0.134. The lowest BCUT2D eigenvalue weighted by Crippen LogP contribution is -2.40. The first-order valence-electron chi connectivity index (χ1n) is 8.92. The molecule has 27 heavy (non-hydrogen) atoms. The van der Waals surface area contributed by atoms with Gasteiger partial charge in [-0.1, -0.05) is 36.4 Å². The molecule has 2 N–H and O–H groups in total. The van der Waals surface area contributed by atoms with E-state index in [1.54, 1.807) is 18.3 Å². The maximum Gasteiger partial charge on any atom is 0.407 e. The maximum absolute atomic E-state index is 12.7. The molecule has 0 aliphatic heterocycles. The zero-order chi connectivity index (χ0) is 18.6. The number of aryl methyl sites for hydroxylation is 1. The van der Waals surface area contributed by atoms with E-state index in [1.165, 1.54) is 4.68 Å². The fraction of sp³-hybridized carbons (Fsp3) is 0.250. The van der Waals surface area contributed by atoms with Gasteiger partial charge in [-0.05, 0) is 30.5 Å². The molecule has 0 radical (unpaired) electrons. The number of aromatic amines is 1. The van der Waals surface area contributed by atoms with Gasteiger partial charge >= 0.3 is 6.09 Å². The molecular formula is C20H20N4O3. The number of pyridine rings is 1. The minimum atomic E-state index is -0.465. The number of rotatable bonds is 4. The second-order valence-corrected chi connectivity index (χ2v) is 6.54. The van der Waals surface area contributed by atoms with Gasteiger partial charge in [-0.2, -0.15) is 0 Å². The highest BCUT2D eigenvalue weighted by Crippen LogP contribution is 2.18. The van der Waals surface area contributed by atoms with Crippen molar-refractivity contribution in [3.05, 3.63) is 81.9 Å². The number of carbonyl (C=O) groups excluding carboxylic acids is 1. The predicted molar refractivity (Wildman–Crippen MR) is 99.8 cm³/mol. The van der Waals surface area contributed by atoms with Gasteiger partial charge in [-0.3, -0.25) is 9.89 Å². The molecule has 0 saturated carbocycles. The number of aromatic nitrogens is 3. The Hall–Kier alpha value is -3.35. The van der Waals surface area contributed by atoms with Gasteiger partial charge in [0.25, 0.3) is 5.56 Å². The fourth-order valence-corrected chi connectivity index (χ4v) is 3.30. The quantitative estimate of drug-likeness (QED) is 0.744. The van der Waals surface area contributed by atoms with Crippen molar-refractivity contribution in [3.8, 4) is 5.82 Å². The Morgan fingerprint density at radius 2 is 2.04 bits per heavy atom. The van der Waals surface area contributed by atoms with E-state index in [9.17, 15) is 9.59 Å². The van der Waals surface area contributed by atoms with Gasteiger partial charge in [0.05, 0.1) is 0 Å². The van der Waals surface area contributed by atoms with Crippen molar-refractivity contribution in [2.24, 2.45) is 0 Å². The smallest absolute Gasteiger partial charge is 0.407 e. The zero-order valence-electron chi connectivity index (χ0n) is 14.7. The lowest BCUT2D eigenvalue weighted by Gasteiger charge is -2.22. The van der Waals surface area contributed by atoms with Crippen LogP contribution in [0.5, 0.6) is 0 Å². The number of benzene rings is 1. The third-order valence-corrected chi connectivity index (χ3v) is 4.68. The number of fused-ring (bicyclic) bond motifs is 1. The standard InChI is InChI=1S/C20H20N4O3/c25-19-16-12-15(22-20(26)27-13-14-6-2-1-3-7-14)9-10-17(16)23-24(19)18-8-4-5-11-21-18/h1-8,11,15,23H,9-10,12-13H2,(H,22,26). The van der Waals surface area contributed by atoms with Crippen LogP contribution in [0.3, 0.4) is 0 Å². The van der Waals surface area contributed by atoms with Gasteiger partial charge in [0.15, 0.2) is 5.82 Å². The molecule has 4 rings (SSSR count). The lowest BCUT2D eigenvalue weighted by atomic mass is 9.93. The Kier molecular flexibility index (Phi) is 4.74. The number of carbonyl (C=O) groups is 1. The number of amides is 1. The highest BCUT2D eigenvalue weighted by atomic mass is 16.5. The number of alkyl carbamates (subject to hydrolysis) is 1. The Morgan fingerprint density at radius 1 is 1.22 bits per heavy atom. The van der Waals surface area contributed by atoms with Crippen molar-refractivity contribution in [3.63, 3.8) is 0 Å². The molecule has 1 amide bonds. The van der Waals surface area contributed by atoms with E-state index in [4.69, 9.17) is 4.74 Å². The molecule has 2 aromatic heterocycles. The maximum atomic E-state index is 12.7. The van der Waals surface area contributed by atoms with Crippen LogP contribution in [0.15, 0.2) is 59.5 Å². The summed E-state index contributed by atoms with van der Waals surface area (Å²) in [4.78, 5) is 29.0. The van der Waals surface area contributed by atoms with Gasteiger partial charge in [-0.25, -0.2) is 14.5 Å². The molecule has 0 bridgehead atoms. The number of hydrogen-bond acceptors (Lipinski definition) is 4. The van der Waals surface area contributed by atoms with Crippen molar-refractivity contribution in [1.82, 2.24) is 20.1 Å². The van der Waals surface area contributed by atoms with Crippen LogP contribution < -0.4 is 10.9 Å². The first-order valence-corrected chi connectivity index (χ1v) is 8.92. The summed E-state index contributed by atoms with van der Waals surface area (Å²) >= 11 is 0. The fourth-order valence-electron chi connectivity index (χ4n) is 3.30. The molecule has 1 aliphatic carbocycles. The van der Waals surface area contributed by atoms with E-state index in [0.29, 0.717) is 24.2 Å². The summed E-state index contributed by atoms with van der Waals surface area (Å²) < 4.78 is 6.73. The third-order valence-electron chi connectivity index (χ3n) is 4.68. The Labute approximate surface area is 156 Å². The Bertz CT molecular complexity index is 979. The zero-order valence-corrected chi connectivity index (χ0v) is 14.7. The van der Waals surface area contributed by atoms with Crippen molar-refractivity contribution >= 4 is 6.09 Å². The highest BCUT2D eigenvalue weighted by molar-refractivity contribution is 5.67. The van der Waals surface area contributed by atoms with Gasteiger partial charge in [-0.15, -0.1) is 0 Å². The van der Waals surface area contributed by atoms with Crippen molar-refractivity contribution in [1.29, 1.82) is 0 Å². The van der Waals surface area contributed by atoms with E-state index in [-0.39, 0.29) is 18.2 Å². The summed E-state index contributed by atoms with van der Waals surface area (Å²) in [6.07, 6.45) is 3.09. The van der Waals surface area contributed by atoms with Gasteiger partial charge in [0.1, 0.15) is 6.61 Å². The van der Waals surface area contributed by atoms with Crippen LogP contribution in [0.2, 0.25) is 0 Å². The average Bonchev–Trinajstić information content (AvgIpc) is 3.04. The number of hydrogen-bond donors (Lipinski definition) is 2. The Balaban J connectivity index is 1.40.